The summed E-state index contributed by atoms with van der Waals surface area (Å²) >= 11 is 11.8. The van der Waals surface area contributed by atoms with Gasteiger partial charge in [-0.25, -0.2) is 0 Å². The second-order valence-electron chi connectivity index (χ2n) is 5.47. The number of nitrogens with zero attached hydrogens (tertiary/aromatic N) is 3. The largest absolute Gasteiger partial charge is 0.494 e. The molecule has 0 bridgehead atoms. The van der Waals surface area contributed by atoms with Crippen LogP contribution in [0.15, 0.2) is 28.0 Å². The summed E-state index contributed by atoms with van der Waals surface area (Å²) in [4.78, 5) is 16.5. The Morgan fingerprint density at radius 1 is 1.33 bits per heavy atom. The molecule has 2 aromatic rings. The third-order valence-corrected chi connectivity index (χ3v) is 4.29. The van der Waals surface area contributed by atoms with Gasteiger partial charge in [-0.15, -0.1) is 0 Å². The molecule has 0 aliphatic heterocycles. The van der Waals surface area contributed by atoms with Gasteiger partial charge in [-0.05, 0) is 44.5 Å². The van der Waals surface area contributed by atoms with Crippen LogP contribution in [0.1, 0.15) is 36.6 Å². The van der Waals surface area contributed by atoms with E-state index in [0.717, 1.165) is 0 Å². The highest BCUT2D eigenvalue weighted by atomic mass is 35.5. The van der Waals surface area contributed by atoms with Crippen LogP contribution in [0.2, 0.25) is 10.0 Å². The monoisotopic (exact) mass is 363 g/mol. The zero-order valence-corrected chi connectivity index (χ0v) is 14.9. The lowest BCUT2D eigenvalue weighted by molar-refractivity contribution is 0.386. The normalized spacial score (nSPS) is 11.2. The van der Waals surface area contributed by atoms with Crippen LogP contribution in [0.25, 0.3) is 0 Å². The summed E-state index contributed by atoms with van der Waals surface area (Å²) in [5, 5.41) is 20.5. The minimum atomic E-state index is -0.519. The SMILES string of the molecule is Cc1c(C=Nc2ccc(Cl)c(Cl)c2)c(O)n(C(C)C)c(=O)c1C#N. The molecule has 5 nitrogen and oxygen atoms in total. The number of aromatic hydroxyl groups is 1. The molecule has 0 aliphatic rings. The van der Waals surface area contributed by atoms with Crippen LogP contribution in [0.5, 0.6) is 5.88 Å². The predicted molar refractivity (Wildman–Crippen MR) is 95.9 cm³/mol. The van der Waals surface area contributed by atoms with E-state index < -0.39 is 5.56 Å². The lowest BCUT2D eigenvalue weighted by Crippen LogP contribution is -2.26. The van der Waals surface area contributed by atoms with Crippen molar-refractivity contribution in [1.82, 2.24) is 4.57 Å². The first-order chi connectivity index (χ1) is 11.3. The van der Waals surface area contributed by atoms with Crippen molar-refractivity contribution in [2.75, 3.05) is 0 Å². The summed E-state index contributed by atoms with van der Waals surface area (Å²) < 4.78 is 1.17. The van der Waals surface area contributed by atoms with Gasteiger partial charge in [-0.1, -0.05) is 23.2 Å². The quantitative estimate of drug-likeness (QED) is 0.822. The fraction of sp³-hybridized carbons (Fsp3) is 0.235. The molecule has 1 N–H and O–H groups in total. The summed E-state index contributed by atoms with van der Waals surface area (Å²) in [6.07, 6.45) is 1.41. The zero-order chi connectivity index (χ0) is 18.0. The Morgan fingerprint density at radius 2 is 2.00 bits per heavy atom. The molecule has 0 spiro atoms. The van der Waals surface area contributed by atoms with Gasteiger partial charge in [0.15, 0.2) is 0 Å². The summed E-state index contributed by atoms with van der Waals surface area (Å²) in [5.41, 5.74) is 0.682. The van der Waals surface area contributed by atoms with Crippen LogP contribution in [0, 0.1) is 18.3 Å². The molecule has 0 saturated carbocycles. The van der Waals surface area contributed by atoms with Crippen LogP contribution in [0.3, 0.4) is 0 Å². The van der Waals surface area contributed by atoms with E-state index in [0.29, 0.717) is 26.9 Å². The first-order valence-electron chi connectivity index (χ1n) is 7.15. The van der Waals surface area contributed by atoms with Crippen molar-refractivity contribution < 1.29 is 5.11 Å². The van der Waals surface area contributed by atoms with Crippen LogP contribution < -0.4 is 5.56 Å². The van der Waals surface area contributed by atoms with E-state index in [1.54, 1.807) is 39.0 Å². The van der Waals surface area contributed by atoms with E-state index in [-0.39, 0.29) is 17.5 Å². The molecular weight excluding hydrogens is 349 g/mol. The van der Waals surface area contributed by atoms with E-state index in [2.05, 4.69) is 4.99 Å². The Bertz CT molecular complexity index is 925. The highest BCUT2D eigenvalue weighted by Crippen LogP contribution is 2.28. The van der Waals surface area contributed by atoms with Crippen LogP contribution in [-0.4, -0.2) is 15.9 Å². The fourth-order valence-corrected chi connectivity index (χ4v) is 2.57. The zero-order valence-electron chi connectivity index (χ0n) is 13.3. The first-order valence-corrected chi connectivity index (χ1v) is 7.90. The van der Waals surface area contributed by atoms with Gasteiger partial charge in [0.05, 0.1) is 21.3 Å². The van der Waals surface area contributed by atoms with E-state index in [1.165, 1.54) is 10.8 Å². The van der Waals surface area contributed by atoms with Gasteiger partial charge in [0.25, 0.3) is 5.56 Å². The summed E-state index contributed by atoms with van der Waals surface area (Å²) in [6.45, 7) is 5.09. The van der Waals surface area contributed by atoms with Crippen molar-refractivity contribution in [2.24, 2.45) is 4.99 Å². The summed E-state index contributed by atoms with van der Waals surface area (Å²) in [7, 11) is 0. The molecule has 0 saturated heterocycles. The number of aliphatic imine (C=N–C) groups is 1. The molecule has 0 atom stereocenters. The molecule has 2 rings (SSSR count). The molecule has 0 radical (unpaired) electrons. The number of pyridine rings is 1. The molecule has 124 valence electrons. The molecule has 24 heavy (non-hydrogen) atoms. The van der Waals surface area contributed by atoms with Gasteiger partial charge in [0, 0.05) is 12.3 Å². The Morgan fingerprint density at radius 3 is 2.54 bits per heavy atom. The standard InChI is InChI=1S/C17H15Cl2N3O2/c1-9(2)22-16(23)12(7-20)10(3)13(17(22)24)8-21-11-4-5-14(18)15(19)6-11/h4-6,8-9,24H,1-3H3. The summed E-state index contributed by atoms with van der Waals surface area (Å²) in [5.74, 6) is -0.227. The van der Waals surface area contributed by atoms with E-state index in [9.17, 15) is 15.2 Å². The highest BCUT2D eigenvalue weighted by molar-refractivity contribution is 6.42. The average molecular weight is 364 g/mol. The molecule has 0 amide bonds. The maximum atomic E-state index is 12.3. The number of halogens is 2. The number of hydrogen-bond donors (Lipinski definition) is 1. The van der Waals surface area contributed by atoms with Crippen molar-refractivity contribution in [3.05, 3.63) is 55.3 Å². The Hall–Kier alpha value is -2.29. The van der Waals surface area contributed by atoms with E-state index in [4.69, 9.17) is 23.2 Å². The van der Waals surface area contributed by atoms with Gasteiger partial charge in [-0.2, -0.15) is 5.26 Å². The van der Waals surface area contributed by atoms with E-state index >= 15 is 0 Å². The third kappa shape index (κ3) is 3.30. The molecular formula is C17H15Cl2N3O2. The molecule has 0 unspecified atom stereocenters. The van der Waals surface area contributed by atoms with Crippen LogP contribution >= 0.6 is 23.2 Å². The Balaban J connectivity index is 2.64. The Labute approximate surface area is 149 Å². The lowest BCUT2D eigenvalue weighted by atomic mass is 10.1. The average Bonchev–Trinajstić information content (AvgIpc) is 2.50. The fourth-order valence-electron chi connectivity index (χ4n) is 2.28. The molecule has 0 aliphatic carbocycles. The van der Waals surface area contributed by atoms with Gasteiger partial charge < -0.3 is 5.11 Å². The van der Waals surface area contributed by atoms with Crippen molar-refractivity contribution >= 4 is 35.1 Å². The van der Waals surface area contributed by atoms with Crippen LogP contribution in [-0.2, 0) is 0 Å². The number of hydrogen-bond acceptors (Lipinski definition) is 4. The second-order valence-corrected chi connectivity index (χ2v) is 6.29. The number of nitriles is 1. The topological polar surface area (TPSA) is 78.4 Å². The smallest absolute Gasteiger partial charge is 0.271 e. The molecule has 0 fully saturated rings. The van der Waals surface area contributed by atoms with Crippen molar-refractivity contribution in [2.45, 2.75) is 26.8 Å². The van der Waals surface area contributed by atoms with Gasteiger partial charge >= 0.3 is 0 Å². The highest BCUT2D eigenvalue weighted by Gasteiger charge is 2.19. The minimum Gasteiger partial charge on any atom is -0.494 e. The third-order valence-electron chi connectivity index (χ3n) is 3.55. The number of rotatable bonds is 3. The van der Waals surface area contributed by atoms with E-state index in [1.807, 2.05) is 6.07 Å². The van der Waals surface area contributed by atoms with Gasteiger partial charge in [0.1, 0.15) is 11.6 Å². The summed E-state index contributed by atoms with van der Waals surface area (Å²) in [6, 6.07) is 6.45. The lowest BCUT2D eigenvalue weighted by Gasteiger charge is -2.16. The molecule has 1 heterocycles. The maximum absolute atomic E-state index is 12.3. The molecule has 1 aromatic heterocycles. The van der Waals surface area contributed by atoms with Gasteiger partial charge in [-0.3, -0.25) is 14.4 Å². The van der Waals surface area contributed by atoms with Crippen molar-refractivity contribution in [3.63, 3.8) is 0 Å². The minimum absolute atomic E-state index is 0.0166. The number of aromatic nitrogens is 1. The first kappa shape index (κ1) is 18.1. The molecule has 7 heteroatoms. The molecule has 1 aromatic carbocycles. The van der Waals surface area contributed by atoms with Crippen molar-refractivity contribution in [1.29, 1.82) is 5.26 Å². The van der Waals surface area contributed by atoms with Crippen molar-refractivity contribution in [3.8, 4) is 11.9 Å². The van der Waals surface area contributed by atoms with Gasteiger partial charge in [0.2, 0.25) is 5.88 Å². The number of benzene rings is 1. The Kier molecular flexibility index (Phi) is 5.33. The predicted octanol–water partition coefficient (Wildman–Crippen LogP) is 4.37. The second kappa shape index (κ2) is 7.08. The van der Waals surface area contributed by atoms with Crippen LogP contribution in [0.4, 0.5) is 5.69 Å². The maximum Gasteiger partial charge on any atom is 0.271 e.